The van der Waals surface area contributed by atoms with Crippen molar-refractivity contribution in [1.82, 2.24) is 0 Å². The van der Waals surface area contributed by atoms with Gasteiger partial charge in [-0.3, -0.25) is 10.1 Å². The van der Waals surface area contributed by atoms with Crippen molar-refractivity contribution in [2.24, 2.45) is 5.92 Å². The predicted molar refractivity (Wildman–Crippen MR) is 43.3 cm³/mol. The van der Waals surface area contributed by atoms with Gasteiger partial charge in [0, 0.05) is 11.3 Å². The van der Waals surface area contributed by atoms with Crippen molar-refractivity contribution in [3.63, 3.8) is 0 Å². The van der Waals surface area contributed by atoms with Gasteiger partial charge in [-0.25, -0.2) is 0 Å². The Labute approximate surface area is 78.7 Å². The summed E-state index contributed by atoms with van der Waals surface area (Å²) >= 11 is 0. The average Bonchev–Trinajstić information content (AvgIpc) is 2.02. The van der Waals surface area contributed by atoms with Crippen molar-refractivity contribution in [1.29, 1.82) is 0 Å². The molecule has 3 nitrogen and oxygen atoms in total. The Hall–Kier alpha value is -1.07. The number of nitrogens with zero attached hydrogens (tertiary/aromatic N) is 1. The highest BCUT2D eigenvalue weighted by molar-refractivity contribution is 5.06. The van der Waals surface area contributed by atoms with Crippen molar-refractivity contribution in [3.05, 3.63) is 22.3 Å². The van der Waals surface area contributed by atoms with Crippen molar-refractivity contribution in [2.75, 3.05) is 0 Å². The summed E-state index contributed by atoms with van der Waals surface area (Å²) in [6.07, 6.45) is -4.77. The van der Waals surface area contributed by atoms with Crippen LogP contribution in [0, 0.1) is 16.0 Å². The molecule has 6 heteroatoms. The molecule has 0 bridgehead atoms. The smallest absolute Gasteiger partial charge is 0.264 e. The van der Waals surface area contributed by atoms with Crippen LogP contribution in [0.1, 0.15) is 19.3 Å². The summed E-state index contributed by atoms with van der Waals surface area (Å²) in [5.41, 5.74) is 0.301. The Balaban J connectivity index is 2.72. The third-order valence-corrected chi connectivity index (χ3v) is 2.51. The molecule has 1 aliphatic rings. The molecule has 1 saturated carbocycles. The highest BCUT2D eigenvalue weighted by atomic mass is 19.4. The molecule has 0 heterocycles. The van der Waals surface area contributed by atoms with Gasteiger partial charge >= 0.3 is 6.18 Å². The van der Waals surface area contributed by atoms with Crippen LogP contribution in [0.5, 0.6) is 0 Å². The summed E-state index contributed by atoms with van der Waals surface area (Å²) < 4.78 is 36.8. The number of hydrogen-bond acceptors (Lipinski definition) is 2. The van der Waals surface area contributed by atoms with E-state index in [2.05, 4.69) is 6.58 Å². The van der Waals surface area contributed by atoms with E-state index in [0.29, 0.717) is 5.57 Å². The van der Waals surface area contributed by atoms with Crippen LogP contribution in [-0.2, 0) is 0 Å². The molecule has 0 aromatic carbocycles. The van der Waals surface area contributed by atoms with Crippen LogP contribution in [0.4, 0.5) is 13.2 Å². The molecule has 2 unspecified atom stereocenters. The maximum absolute atomic E-state index is 12.3. The Morgan fingerprint density at radius 1 is 1.50 bits per heavy atom. The summed E-state index contributed by atoms with van der Waals surface area (Å²) in [5, 5.41) is 10.4. The lowest BCUT2D eigenvalue weighted by atomic mass is 9.83. The number of halogens is 3. The van der Waals surface area contributed by atoms with Gasteiger partial charge in [0.15, 0.2) is 0 Å². The molecule has 14 heavy (non-hydrogen) atoms. The van der Waals surface area contributed by atoms with Crippen LogP contribution >= 0.6 is 0 Å². The molecule has 0 aromatic rings. The standard InChI is InChI=1S/C8H10F3NO2/c1-5-2-3-6(8(9,10)11)4-7(5)12(13)14/h6-7H,1-4H2. The Bertz CT molecular complexity index is 262. The van der Waals surface area contributed by atoms with E-state index in [1.165, 1.54) is 0 Å². The topological polar surface area (TPSA) is 43.1 Å². The van der Waals surface area contributed by atoms with Crippen LogP contribution in [0.15, 0.2) is 12.2 Å². The minimum absolute atomic E-state index is 0.0767. The predicted octanol–water partition coefficient (Wildman–Crippen LogP) is 2.55. The fourth-order valence-electron chi connectivity index (χ4n) is 1.61. The van der Waals surface area contributed by atoms with Gasteiger partial charge in [-0.1, -0.05) is 6.58 Å². The van der Waals surface area contributed by atoms with Crippen LogP contribution in [0.2, 0.25) is 0 Å². The summed E-state index contributed by atoms with van der Waals surface area (Å²) in [7, 11) is 0. The number of alkyl halides is 3. The van der Waals surface area contributed by atoms with E-state index in [1.54, 1.807) is 0 Å². The molecular weight excluding hydrogens is 199 g/mol. The van der Waals surface area contributed by atoms with Gasteiger partial charge in [-0.05, 0) is 18.4 Å². The maximum atomic E-state index is 12.3. The van der Waals surface area contributed by atoms with Crippen molar-refractivity contribution < 1.29 is 18.1 Å². The second kappa shape index (κ2) is 3.59. The van der Waals surface area contributed by atoms with E-state index >= 15 is 0 Å². The monoisotopic (exact) mass is 209 g/mol. The largest absolute Gasteiger partial charge is 0.392 e. The summed E-state index contributed by atoms with van der Waals surface area (Å²) in [5.74, 6) is -1.55. The van der Waals surface area contributed by atoms with E-state index in [9.17, 15) is 23.3 Å². The van der Waals surface area contributed by atoms with Gasteiger partial charge in [0.05, 0.1) is 5.92 Å². The molecule has 1 aliphatic carbocycles. The Morgan fingerprint density at radius 3 is 2.50 bits per heavy atom. The van der Waals surface area contributed by atoms with E-state index in [-0.39, 0.29) is 12.8 Å². The van der Waals surface area contributed by atoms with Gasteiger partial charge in [0.25, 0.3) is 0 Å². The Kier molecular flexibility index (Phi) is 2.82. The lowest BCUT2D eigenvalue weighted by Crippen LogP contribution is -2.35. The van der Waals surface area contributed by atoms with Gasteiger partial charge in [0.1, 0.15) is 0 Å². The zero-order chi connectivity index (χ0) is 10.9. The second-order valence-electron chi connectivity index (χ2n) is 3.47. The molecule has 80 valence electrons. The highest BCUT2D eigenvalue weighted by Gasteiger charge is 2.46. The number of rotatable bonds is 1. The third-order valence-electron chi connectivity index (χ3n) is 2.51. The first-order valence-electron chi connectivity index (χ1n) is 4.20. The second-order valence-corrected chi connectivity index (χ2v) is 3.47. The molecule has 0 saturated heterocycles. The van der Waals surface area contributed by atoms with Crippen LogP contribution in [-0.4, -0.2) is 17.1 Å². The van der Waals surface area contributed by atoms with Gasteiger partial charge < -0.3 is 0 Å². The van der Waals surface area contributed by atoms with E-state index < -0.39 is 29.5 Å². The van der Waals surface area contributed by atoms with Gasteiger partial charge in [0.2, 0.25) is 6.04 Å². The fraction of sp³-hybridized carbons (Fsp3) is 0.750. The van der Waals surface area contributed by atoms with E-state index in [1.807, 2.05) is 0 Å². The van der Waals surface area contributed by atoms with E-state index in [0.717, 1.165) is 0 Å². The van der Waals surface area contributed by atoms with Crippen molar-refractivity contribution in [3.8, 4) is 0 Å². The SMILES string of the molecule is C=C1CCC(C(F)(F)F)CC1[N+](=O)[O-]. The lowest BCUT2D eigenvalue weighted by Gasteiger charge is -2.27. The Morgan fingerprint density at radius 2 is 2.07 bits per heavy atom. The minimum Gasteiger partial charge on any atom is -0.264 e. The molecule has 2 atom stereocenters. The number of hydrogen-bond donors (Lipinski definition) is 0. The summed E-state index contributed by atoms with van der Waals surface area (Å²) in [6, 6.07) is -1.23. The average molecular weight is 209 g/mol. The van der Waals surface area contributed by atoms with E-state index in [4.69, 9.17) is 0 Å². The molecule has 0 aliphatic heterocycles. The zero-order valence-corrected chi connectivity index (χ0v) is 7.38. The zero-order valence-electron chi connectivity index (χ0n) is 7.38. The van der Waals surface area contributed by atoms with Gasteiger partial charge in [-0.2, -0.15) is 13.2 Å². The van der Waals surface area contributed by atoms with Crippen molar-refractivity contribution >= 4 is 0 Å². The molecular formula is C8H10F3NO2. The first-order valence-corrected chi connectivity index (χ1v) is 4.20. The van der Waals surface area contributed by atoms with Gasteiger partial charge in [-0.15, -0.1) is 0 Å². The summed E-state index contributed by atoms with van der Waals surface area (Å²) in [4.78, 5) is 9.73. The number of nitro groups is 1. The lowest BCUT2D eigenvalue weighted by molar-refractivity contribution is -0.518. The van der Waals surface area contributed by atoms with Crippen LogP contribution in [0.3, 0.4) is 0 Å². The molecule has 0 amide bonds. The first-order chi connectivity index (χ1) is 6.32. The maximum Gasteiger partial charge on any atom is 0.392 e. The van der Waals surface area contributed by atoms with Crippen molar-refractivity contribution in [2.45, 2.75) is 31.5 Å². The molecule has 0 N–H and O–H groups in total. The fourth-order valence-corrected chi connectivity index (χ4v) is 1.61. The first kappa shape index (κ1) is 11.0. The van der Waals surface area contributed by atoms with Crippen LogP contribution < -0.4 is 0 Å². The molecule has 0 aromatic heterocycles. The molecule has 0 spiro atoms. The summed E-state index contributed by atoms with van der Waals surface area (Å²) in [6.45, 7) is 3.42. The molecule has 1 rings (SSSR count). The molecule has 1 fully saturated rings. The normalized spacial score (nSPS) is 28.9. The third kappa shape index (κ3) is 2.24. The molecule has 0 radical (unpaired) electrons. The quantitative estimate of drug-likeness (QED) is 0.378. The minimum atomic E-state index is -4.32. The van der Waals surface area contributed by atoms with Crippen LogP contribution in [0.25, 0.3) is 0 Å². The highest BCUT2D eigenvalue weighted by Crippen LogP contribution is 2.39.